The summed E-state index contributed by atoms with van der Waals surface area (Å²) in [6.45, 7) is 1.88. The van der Waals surface area contributed by atoms with Crippen LogP contribution in [0.5, 0.6) is 0 Å². The zero-order valence-corrected chi connectivity index (χ0v) is 17.8. The minimum atomic E-state index is -1.04. The molecule has 2 aromatic rings. The number of esters is 1. The van der Waals surface area contributed by atoms with Gasteiger partial charge in [-0.25, -0.2) is 4.79 Å². The number of carboxylic acid groups (broad SMARTS) is 1. The monoisotopic (exact) mass is 424 g/mol. The van der Waals surface area contributed by atoms with Gasteiger partial charge in [0.05, 0.1) is 13.2 Å². The molecule has 0 bridgehead atoms. The molecule has 3 rings (SSSR count). The van der Waals surface area contributed by atoms with Crippen molar-refractivity contribution in [2.75, 3.05) is 7.11 Å². The molecule has 164 valence electrons. The highest BCUT2D eigenvalue weighted by Gasteiger charge is 2.37. The zero-order chi connectivity index (χ0) is 22.4. The maximum absolute atomic E-state index is 13.2. The Bertz CT molecular complexity index is 931. The van der Waals surface area contributed by atoms with Gasteiger partial charge >= 0.3 is 11.9 Å². The highest BCUT2D eigenvalue weighted by Crippen LogP contribution is 2.24. The minimum Gasteiger partial charge on any atom is -0.480 e. The van der Waals surface area contributed by atoms with Gasteiger partial charge in [-0.2, -0.15) is 0 Å². The van der Waals surface area contributed by atoms with Gasteiger partial charge in [-0.3, -0.25) is 14.9 Å². The molecule has 0 spiro atoms. The molecule has 2 N–H and O–H groups in total. The number of methoxy groups -OCH3 is 1. The molecular weight excluding hydrogens is 396 g/mol. The number of carbonyl (C=O) groups excluding carboxylic acids is 2. The number of hydrogen-bond acceptors (Lipinski definition) is 5. The number of carbonyl (C=O) groups is 3. The Morgan fingerprint density at radius 3 is 2.39 bits per heavy atom. The van der Waals surface area contributed by atoms with Crippen molar-refractivity contribution >= 4 is 17.8 Å². The van der Waals surface area contributed by atoms with E-state index in [9.17, 15) is 19.5 Å². The maximum atomic E-state index is 13.2. The van der Waals surface area contributed by atoms with Crippen molar-refractivity contribution in [2.24, 2.45) is 0 Å². The van der Waals surface area contributed by atoms with Crippen LogP contribution in [0.15, 0.2) is 54.6 Å². The van der Waals surface area contributed by atoms with Gasteiger partial charge in [0.2, 0.25) is 5.91 Å². The topological polar surface area (TPSA) is 95.9 Å². The fourth-order valence-electron chi connectivity index (χ4n) is 3.96. The predicted molar refractivity (Wildman–Crippen MR) is 115 cm³/mol. The normalized spacial score (nSPS) is 17.4. The largest absolute Gasteiger partial charge is 0.480 e. The lowest BCUT2D eigenvalue weighted by molar-refractivity contribution is -0.153. The molecular formula is C24H28N2O5. The first-order valence-corrected chi connectivity index (χ1v) is 10.4. The van der Waals surface area contributed by atoms with Crippen LogP contribution in [0, 0.1) is 0 Å². The van der Waals surface area contributed by atoms with E-state index in [0.717, 1.165) is 16.7 Å². The van der Waals surface area contributed by atoms with E-state index in [0.29, 0.717) is 12.8 Å². The number of ether oxygens (including phenoxy) is 1. The van der Waals surface area contributed by atoms with Gasteiger partial charge in [-0.15, -0.1) is 0 Å². The molecule has 0 aromatic heterocycles. The van der Waals surface area contributed by atoms with Crippen LogP contribution in [0.1, 0.15) is 30.0 Å². The first-order valence-electron chi connectivity index (χ1n) is 10.4. The second kappa shape index (κ2) is 10.2. The number of nitrogens with zero attached hydrogens (tertiary/aromatic N) is 1. The third-order valence-corrected chi connectivity index (χ3v) is 5.69. The van der Waals surface area contributed by atoms with E-state index in [2.05, 4.69) is 5.32 Å². The first-order chi connectivity index (χ1) is 14.9. The third kappa shape index (κ3) is 5.49. The van der Waals surface area contributed by atoms with Crippen LogP contribution in [-0.4, -0.2) is 53.1 Å². The number of carboxylic acids is 1. The SMILES string of the molecule is COC(=O)[C@H](CCc1ccccc1)N[C@@H](C)C(=O)N1Cc2ccccc2C[C@H]1C(=O)O. The highest BCUT2D eigenvalue weighted by atomic mass is 16.5. The van der Waals surface area contributed by atoms with Crippen LogP contribution in [-0.2, 0) is 38.5 Å². The van der Waals surface area contributed by atoms with Gasteiger partial charge in [0, 0.05) is 13.0 Å². The van der Waals surface area contributed by atoms with Crippen LogP contribution < -0.4 is 5.32 Å². The number of hydrogen-bond donors (Lipinski definition) is 2. The highest BCUT2D eigenvalue weighted by molar-refractivity contribution is 5.88. The van der Waals surface area contributed by atoms with E-state index in [1.807, 2.05) is 54.6 Å². The van der Waals surface area contributed by atoms with E-state index >= 15 is 0 Å². The number of amides is 1. The Morgan fingerprint density at radius 1 is 1.10 bits per heavy atom. The Hall–Kier alpha value is -3.19. The van der Waals surface area contributed by atoms with Gasteiger partial charge in [0.15, 0.2) is 0 Å². The molecule has 0 saturated heterocycles. The first kappa shape index (κ1) is 22.5. The molecule has 1 aliphatic rings. The van der Waals surface area contributed by atoms with Crippen LogP contribution in [0.25, 0.3) is 0 Å². The van der Waals surface area contributed by atoms with Crippen molar-refractivity contribution in [1.82, 2.24) is 10.2 Å². The van der Waals surface area contributed by atoms with E-state index in [4.69, 9.17) is 4.74 Å². The molecule has 2 aromatic carbocycles. The maximum Gasteiger partial charge on any atom is 0.326 e. The van der Waals surface area contributed by atoms with E-state index in [-0.39, 0.29) is 18.9 Å². The van der Waals surface area contributed by atoms with Crippen LogP contribution in [0.4, 0.5) is 0 Å². The summed E-state index contributed by atoms with van der Waals surface area (Å²) >= 11 is 0. The summed E-state index contributed by atoms with van der Waals surface area (Å²) < 4.78 is 4.91. The molecule has 7 nitrogen and oxygen atoms in total. The predicted octanol–water partition coefficient (Wildman–Crippen LogP) is 2.18. The summed E-state index contributed by atoms with van der Waals surface area (Å²) in [5.74, 6) is -1.84. The molecule has 1 amide bonds. The van der Waals surface area contributed by atoms with Crippen molar-refractivity contribution in [1.29, 1.82) is 0 Å². The smallest absolute Gasteiger partial charge is 0.326 e. The fraction of sp³-hybridized carbons (Fsp3) is 0.375. The van der Waals surface area contributed by atoms with Crippen LogP contribution in [0.3, 0.4) is 0 Å². The summed E-state index contributed by atoms with van der Waals surface area (Å²) in [5.41, 5.74) is 2.96. The molecule has 0 saturated carbocycles. The van der Waals surface area contributed by atoms with Gasteiger partial charge in [0.1, 0.15) is 12.1 Å². The minimum absolute atomic E-state index is 0.227. The van der Waals surface area contributed by atoms with Gasteiger partial charge < -0.3 is 14.7 Å². The van der Waals surface area contributed by atoms with Crippen molar-refractivity contribution in [3.8, 4) is 0 Å². The molecule has 0 unspecified atom stereocenters. The quantitative estimate of drug-likeness (QED) is 0.631. The Labute approximate surface area is 182 Å². The Balaban J connectivity index is 1.71. The molecule has 0 fully saturated rings. The van der Waals surface area contributed by atoms with Crippen LogP contribution >= 0.6 is 0 Å². The number of rotatable bonds is 8. The van der Waals surface area contributed by atoms with Crippen molar-refractivity contribution in [2.45, 2.75) is 50.9 Å². The second-order valence-electron chi connectivity index (χ2n) is 7.78. The molecule has 1 aliphatic heterocycles. The lowest BCUT2D eigenvalue weighted by atomic mass is 9.93. The summed E-state index contributed by atoms with van der Waals surface area (Å²) in [4.78, 5) is 38.7. The third-order valence-electron chi connectivity index (χ3n) is 5.69. The van der Waals surface area contributed by atoms with Crippen molar-refractivity contribution < 1.29 is 24.2 Å². The zero-order valence-electron chi connectivity index (χ0n) is 17.8. The van der Waals surface area contributed by atoms with Crippen molar-refractivity contribution in [3.63, 3.8) is 0 Å². The number of benzene rings is 2. The van der Waals surface area contributed by atoms with E-state index in [1.54, 1.807) is 6.92 Å². The van der Waals surface area contributed by atoms with Gasteiger partial charge in [0.25, 0.3) is 0 Å². The Morgan fingerprint density at radius 2 is 1.74 bits per heavy atom. The molecule has 0 radical (unpaired) electrons. The lowest BCUT2D eigenvalue weighted by Gasteiger charge is -2.36. The molecule has 31 heavy (non-hydrogen) atoms. The standard InChI is InChI=1S/C24H28N2O5/c1-16(25-20(24(30)31-2)13-12-17-8-4-3-5-9-17)22(27)26-15-19-11-7-6-10-18(19)14-21(26)23(28)29/h3-11,16,20-21,25H,12-15H2,1-2H3,(H,28,29)/t16-,20-,21-/m0/s1. The van der Waals surface area contributed by atoms with E-state index < -0.39 is 30.1 Å². The summed E-state index contributed by atoms with van der Waals surface area (Å²) in [5, 5.41) is 12.8. The van der Waals surface area contributed by atoms with E-state index in [1.165, 1.54) is 12.0 Å². The average Bonchev–Trinajstić information content (AvgIpc) is 2.80. The summed E-state index contributed by atoms with van der Waals surface area (Å²) in [7, 11) is 1.31. The fourth-order valence-corrected chi connectivity index (χ4v) is 3.96. The van der Waals surface area contributed by atoms with Gasteiger partial charge in [-0.1, -0.05) is 54.6 Å². The van der Waals surface area contributed by atoms with Crippen LogP contribution in [0.2, 0.25) is 0 Å². The molecule has 0 aliphatic carbocycles. The molecule has 7 heteroatoms. The van der Waals surface area contributed by atoms with Gasteiger partial charge in [-0.05, 0) is 36.5 Å². The average molecular weight is 424 g/mol. The summed E-state index contributed by atoms with van der Waals surface area (Å²) in [6.07, 6.45) is 1.36. The number of aliphatic carboxylic acids is 1. The number of aryl methyl sites for hydroxylation is 1. The molecule has 1 heterocycles. The summed E-state index contributed by atoms with van der Waals surface area (Å²) in [6, 6.07) is 14.9. The molecule has 3 atom stereocenters. The number of fused-ring (bicyclic) bond motifs is 1. The van der Waals surface area contributed by atoms with Crippen molar-refractivity contribution in [3.05, 3.63) is 71.3 Å². The Kier molecular flexibility index (Phi) is 7.41. The lowest BCUT2D eigenvalue weighted by Crippen LogP contribution is -2.56. The second-order valence-corrected chi connectivity index (χ2v) is 7.78. The number of nitrogens with one attached hydrogen (secondary N) is 1.